The predicted molar refractivity (Wildman–Crippen MR) is 141 cm³/mol. The molecule has 2 fully saturated rings. The Kier molecular flexibility index (Phi) is 7.69. The van der Waals surface area contributed by atoms with E-state index in [-0.39, 0.29) is 24.2 Å². The van der Waals surface area contributed by atoms with E-state index in [2.05, 4.69) is 53.2 Å². The number of benzene rings is 1. The van der Waals surface area contributed by atoms with Crippen LogP contribution in [0.4, 0.5) is 4.79 Å². The largest absolute Gasteiger partial charge is 0.497 e. The summed E-state index contributed by atoms with van der Waals surface area (Å²) in [6.45, 7) is 12.8. The van der Waals surface area contributed by atoms with E-state index < -0.39 is 8.07 Å². The van der Waals surface area contributed by atoms with Crippen LogP contribution in [0.25, 0.3) is 10.9 Å². The number of pyridine rings is 1. The van der Waals surface area contributed by atoms with Gasteiger partial charge in [0.2, 0.25) is 0 Å². The van der Waals surface area contributed by atoms with E-state index in [4.69, 9.17) is 14.2 Å². The van der Waals surface area contributed by atoms with Crippen molar-refractivity contribution in [3.63, 3.8) is 0 Å². The zero-order valence-corrected chi connectivity index (χ0v) is 23.1. The third-order valence-electron chi connectivity index (χ3n) is 6.89. The second-order valence-electron chi connectivity index (χ2n) is 10.6. The molecule has 0 bridgehead atoms. The number of carbonyl (C=O) groups is 1. The van der Waals surface area contributed by atoms with Gasteiger partial charge in [0, 0.05) is 26.5 Å². The lowest BCUT2D eigenvalue weighted by Crippen LogP contribution is -2.44. The van der Waals surface area contributed by atoms with Gasteiger partial charge in [0.25, 0.3) is 0 Å². The van der Waals surface area contributed by atoms with Crippen molar-refractivity contribution in [3.8, 4) is 5.75 Å². The summed E-state index contributed by atoms with van der Waals surface area (Å²) in [6, 6.07) is 8.98. The molecule has 2 aliphatic heterocycles. The first-order valence-electron chi connectivity index (χ1n) is 12.0. The molecule has 0 unspecified atom stereocenters. The molecule has 34 heavy (non-hydrogen) atoms. The number of likely N-dealkylation sites (tertiary alicyclic amines) is 1. The van der Waals surface area contributed by atoms with Gasteiger partial charge < -0.3 is 19.1 Å². The van der Waals surface area contributed by atoms with Gasteiger partial charge >= 0.3 is 6.09 Å². The predicted octanol–water partition coefficient (Wildman–Crippen LogP) is 6.43. The Morgan fingerprint density at radius 1 is 1.35 bits per heavy atom. The van der Waals surface area contributed by atoms with Crippen LogP contribution in [0.15, 0.2) is 41.5 Å². The number of hydrogen-bond acceptors (Lipinski definition) is 5. The molecule has 0 N–H and O–H groups in total. The Hall–Kier alpha value is -1.90. The van der Waals surface area contributed by atoms with E-state index in [0.29, 0.717) is 19.1 Å². The number of piperidine rings is 1. The fraction of sp³-hybridized carbons (Fsp3) is 0.538. The lowest BCUT2D eigenvalue weighted by Gasteiger charge is -2.36. The summed E-state index contributed by atoms with van der Waals surface area (Å²) in [7, 11) is 0.457. The molecule has 0 saturated carbocycles. The smallest absolute Gasteiger partial charge is 0.409 e. The van der Waals surface area contributed by atoms with Gasteiger partial charge in [0.1, 0.15) is 16.5 Å². The molecule has 2 aromatic rings. The minimum absolute atomic E-state index is 0.0453. The molecule has 1 aromatic carbocycles. The topological polar surface area (TPSA) is 64.2 Å². The highest BCUT2D eigenvalue weighted by Crippen LogP contribution is 2.47. The molecule has 4 rings (SSSR count). The molecule has 184 valence electrons. The van der Waals surface area contributed by atoms with E-state index in [1.54, 1.807) is 7.11 Å². The van der Waals surface area contributed by atoms with Gasteiger partial charge in [-0.3, -0.25) is 0 Å². The molecular weight excluding hydrogens is 512 g/mol. The number of hydrogen-bond donors (Lipinski definition) is 0. The van der Waals surface area contributed by atoms with Crippen LogP contribution in [0, 0.1) is 11.8 Å². The van der Waals surface area contributed by atoms with Crippen molar-refractivity contribution >= 4 is 41.0 Å². The SMILES string of the molecule is C=C[C@H]1CN(C(=O)OCC[Si](C)(C)C)CC[C@H]1C[C@H]1O[C@@H]1c1cc(Br)nc2ccc(OC)cc12. The summed E-state index contributed by atoms with van der Waals surface area (Å²) >= 11 is 3.54. The standard InChI is InChI=1S/C26H35BrN2O4Si/c1-6-17-16-29(26(30)32-11-12-34(3,4)5)10-9-18(17)13-23-25(33-23)21-15-24(27)28-22-8-7-19(31-2)14-20(21)22/h6-8,14-15,17-18,23,25H,1,9-13,16H2,2-5H3/t17-,18-,23+,25+/m0/s1. The molecule has 0 radical (unpaired) electrons. The molecule has 0 spiro atoms. The van der Waals surface area contributed by atoms with Crippen LogP contribution in [0.1, 0.15) is 24.5 Å². The highest BCUT2D eigenvalue weighted by Gasteiger charge is 2.44. The number of ether oxygens (including phenoxy) is 3. The summed E-state index contributed by atoms with van der Waals surface area (Å²) in [6.07, 6.45) is 3.89. The van der Waals surface area contributed by atoms with Crippen LogP contribution in [0.5, 0.6) is 5.75 Å². The maximum atomic E-state index is 12.6. The van der Waals surface area contributed by atoms with Crippen LogP contribution >= 0.6 is 15.9 Å². The number of fused-ring (bicyclic) bond motifs is 1. The molecule has 1 amide bonds. The summed E-state index contributed by atoms with van der Waals surface area (Å²) in [4.78, 5) is 19.0. The minimum atomic E-state index is -1.22. The van der Waals surface area contributed by atoms with Crippen molar-refractivity contribution in [2.75, 3.05) is 26.8 Å². The van der Waals surface area contributed by atoms with Crippen LogP contribution in [-0.4, -0.2) is 57.0 Å². The van der Waals surface area contributed by atoms with Crippen molar-refractivity contribution in [2.24, 2.45) is 11.8 Å². The molecule has 4 atom stereocenters. The number of rotatable bonds is 8. The van der Waals surface area contributed by atoms with Gasteiger partial charge in [-0.2, -0.15) is 0 Å². The van der Waals surface area contributed by atoms with Crippen LogP contribution in [0.2, 0.25) is 25.7 Å². The second kappa shape index (κ2) is 10.4. The second-order valence-corrected chi connectivity index (χ2v) is 17.0. The number of epoxide rings is 1. The molecule has 8 heteroatoms. The molecular formula is C26H35BrN2O4Si. The van der Waals surface area contributed by atoms with Crippen LogP contribution < -0.4 is 4.74 Å². The van der Waals surface area contributed by atoms with E-state index in [9.17, 15) is 4.79 Å². The van der Waals surface area contributed by atoms with Crippen molar-refractivity contribution in [2.45, 2.75) is 50.7 Å². The average Bonchev–Trinajstić information content (AvgIpc) is 3.56. The fourth-order valence-corrected chi connectivity index (χ4v) is 5.90. The monoisotopic (exact) mass is 546 g/mol. The maximum absolute atomic E-state index is 12.6. The van der Waals surface area contributed by atoms with E-state index in [0.717, 1.165) is 52.2 Å². The van der Waals surface area contributed by atoms with Gasteiger partial charge in [0.05, 0.1) is 25.3 Å². The lowest BCUT2D eigenvalue weighted by molar-refractivity contribution is 0.0777. The van der Waals surface area contributed by atoms with Crippen molar-refractivity contribution in [1.29, 1.82) is 0 Å². The highest BCUT2D eigenvalue weighted by atomic mass is 79.9. The minimum Gasteiger partial charge on any atom is -0.497 e. The van der Waals surface area contributed by atoms with Crippen molar-refractivity contribution in [1.82, 2.24) is 9.88 Å². The summed E-state index contributed by atoms with van der Waals surface area (Å²) in [5.74, 6) is 1.49. The maximum Gasteiger partial charge on any atom is 0.409 e. The van der Waals surface area contributed by atoms with Gasteiger partial charge in [-0.1, -0.05) is 25.7 Å². The summed E-state index contributed by atoms with van der Waals surface area (Å²) < 4.78 is 18.0. The number of halogens is 1. The Balaban J connectivity index is 1.37. The third-order valence-corrected chi connectivity index (χ3v) is 9.00. The van der Waals surface area contributed by atoms with Crippen LogP contribution in [-0.2, 0) is 9.47 Å². The van der Waals surface area contributed by atoms with Gasteiger partial charge in [0.15, 0.2) is 0 Å². The number of amides is 1. The normalized spacial score (nSPS) is 24.7. The van der Waals surface area contributed by atoms with E-state index >= 15 is 0 Å². The Morgan fingerprint density at radius 2 is 2.15 bits per heavy atom. The first-order valence-corrected chi connectivity index (χ1v) is 16.5. The van der Waals surface area contributed by atoms with Gasteiger partial charge in [-0.25, -0.2) is 9.78 Å². The number of aromatic nitrogens is 1. The third kappa shape index (κ3) is 6.01. The number of methoxy groups -OCH3 is 1. The Bertz CT molecular complexity index is 1060. The molecule has 0 aliphatic carbocycles. The molecule has 2 saturated heterocycles. The average molecular weight is 548 g/mol. The number of nitrogens with zero attached hydrogens (tertiary/aromatic N) is 2. The van der Waals surface area contributed by atoms with Gasteiger partial charge in [-0.15, -0.1) is 6.58 Å². The van der Waals surface area contributed by atoms with Gasteiger partial charge in [-0.05, 0) is 76.5 Å². The molecule has 6 nitrogen and oxygen atoms in total. The first kappa shape index (κ1) is 25.2. The van der Waals surface area contributed by atoms with Crippen molar-refractivity contribution in [3.05, 3.63) is 47.1 Å². The Morgan fingerprint density at radius 3 is 2.85 bits per heavy atom. The molecule has 3 heterocycles. The Labute approximate surface area is 211 Å². The zero-order chi connectivity index (χ0) is 24.5. The van der Waals surface area contributed by atoms with Crippen molar-refractivity contribution < 1.29 is 19.0 Å². The lowest BCUT2D eigenvalue weighted by atomic mass is 9.81. The number of carbonyl (C=O) groups excluding carboxylic acids is 1. The fourth-order valence-electron chi connectivity index (χ4n) is 4.75. The van der Waals surface area contributed by atoms with E-state index in [1.807, 2.05) is 29.2 Å². The highest BCUT2D eigenvalue weighted by molar-refractivity contribution is 9.10. The first-order chi connectivity index (χ1) is 16.2. The summed E-state index contributed by atoms with van der Waals surface area (Å²) in [5, 5.41) is 1.06. The molecule has 2 aliphatic rings. The zero-order valence-electron chi connectivity index (χ0n) is 20.6. The molecule has 1 aromatic heterocycles. The van der Waals surface area contributed by atoms with E-state index in [1.165, 1.54) is 0 Å². The quantitative estimate of drug-likeness (QED) is 0.165. The summed E-state index contributed by atoms with van der Waals surface area (Å²) in [5.41, 5.74) is 2.06. The van der Waals surface area contributed by atoms with Crippen LogP contribution in [0.3, 0.4) is 0 Å².